The van der Waals surface area contributed by atoms with E-state index in [1.807, 2.05) is 4.90 Å². The lowest BCUT2D eigenvalue weighted by Gasteiger charge is -2.43. The van der Waals surface area contributed by atoms with E-state index in [1.165, 1.54) is 5.57 Å². The lowest BCUT2D eigenvalue weighted by Crippen LogP contribution is -2.56. The number of rotatable bonds is 10. The first-order chi connectivity index (χ1) is 16.3. The molecule has 194 valence electrons. The Balaban J connectivity index is 1.41. The number of amides is 1. The molecule has 1 aliphatic carbocycles. The second-order valence-corrected chi connectivity index (χ2v) is 11.1. The highest BCUT2D eigenvalue weighted by Gasteiger charge is 2.72. The molecule has 7 nitrogen and oxygen atoms in total. The summed E-state index contributed by atoms with van der Waals surface area (Å²) in [5, 5.41) is 0. The van der Waals surface area contributed by atoms with Crippen molar-refractivity contribution in [3.8, 4) is 0 Å². The van der Waals surface area contributed by atoms with E-state index in [9.17, 15) is 4.79 Å². The maximum Gasteiger partial charge on any atom is 0.410 e. The molecule has 34 heavy (non-hydrogen) atoms. The topological polar surface area (TPSA) is 67.1 Å². The standard InChI is InChI=1S/C27H46N2O5/c1-7-28(8-2)17-14-20-10-9-16-29(20)25(30)33-21-13-15-27(18-32-27)24(23(21)31-6)26(5)22(34-26)12-11-19(3)4/h11,20-24H,7-10,12-18H2,1-6H3/t20-,21+,22+,23+,24?,26-,27-/m0/s1. The zero-order chi connectivity index (χ0) is 24.5. The van der Waals surface area contributed by atoms with Gasteiger partial charge in [-0.15, -0.1) is 0 Å². The fraction of sp³-hybridized carbons (Fsp3) is 0.889. The minimum absolute atomic E-state index is 0.0594. The van der Waals surface area contributed by atoms with Crippen LogP contribution in [-0.4, -0.2) is 91.3 Å². The van der Waals surface area contributed by atoms with Gasteiger partial charge in [0.2, 0.25) is 0 Å². The van der Waals surface area contributed by atoms with Crippen LogP contribution < -0.4 is 0 Å². The van der Waals surface area contributed by atoms with E-state index < -0.39 is 0 Å². The Labute approximate surface area is 206 Å². The number of hydrogen-bond donors (Lipinski definition) is 0. The van der Waals surface area contributed by atoms with Crippen LogP contribution in [0.15, 0.2) is 11.6 Å². The molecule has 7 heteroatoms. The number of ether oxygens (including phenoxy) is 4. The van der Waals surface area contributed by atoms with Gasteiger partial charge in [0.05, 0.1) is 18.6 Å². The fourth-order valence-corrected chi connectivity index (χ4v) is 6.52. The van der Waals surface area contributed by atoms with Crippen LogP contribution >= 0.6 is 0 Å². The van der Waals surface area contributed by atoms with E-state index >= 15 is 0 Å². The zero-order valence-electron chi connectivity index (χ0n) is 22.2. The van der Waals surface area contributed by atoms with Crippen molar-refractivity contribution in [2.24, 2.45) is 5.92 Å². The van der Waals surface area contributed by atoms with Crippen molar-refractivity contribution in [3.05, 3.63) is 11.6 Å². The average Bonchev–Trinajstić information content (AvgIpc) is 3.67. The maximum absolute atomic E-state index is 13.3. The van der Waals surface area contributed by atoms with Crippen molar-refractivity contribution in [1.29, 1.82) is 0 Å². The van der Waals surface area contributed by atoms with Crippen molar-refractivity contribution in [2.45, 2.75) is 109 Å². The number of carbonyl (C=O) groups excluding carboxylic acids is 1. The van der Waals surface area contributed by atoms with Crippen molar-refractivity contribution in [1.82, 2.24) is 9.80 Å². The molecule has 1 unspecified atom stereocenters. The van der Waals surface area contributed by atoms with E-state index in [0.717, 1.165) is 71.3 Å². The number of likely N-dealkylation sites (tertiary alicyclic amines) is 1. The second-order valence-electron chi connectivity index (χ2n) is 11.1. The van der Waals surface area contributed by atoms with Gasteiger partial charge < -0.3 is 28.7 Å². The van der Waals surface area contributed by atoms with Gasteiger partial charge in [-0.1, -0.05) is 25.5 Å². The molecule has 3 aliphatic heterocycles. The molecule has 3 saturated heterocycles. The van der Waals surface area contributed by atoms with Gasteiger partial charge in [-0.05, 0) is 72.4 Å². The molecule has 0 N–H and O–H groups in total. The zero-order valence-corrected chi connectivity index (χ0v) is 22.2. The van der Waals surface area contributed by atoms with Crippen LogP contribution in [0, 0.1) is 5.92 Å². The van der Waals surface area contributed by atoms with Crippen molar-refractivity contribution >= 4 is 6.09 Å². The van der Waals surface area contributed by atoms with Crippen LogP contribution in [-0.2, 0) is 18.9 Å². The Hall–Kier alpha value is -1.15. The molecule has 3 heterocycles. The molecular weight excluding hydrogens is 432 g/mol. The Bertz CT molecular complexity index is 745. The first kappa shape index (κ1) is 25.9. The van der Waals surface area contributed by atoms with Gasteiger partial charge in [0.25, 0.3) is 0 Å². The normalized spacial score (nSPS) is 38.9. The molecule has 1 spiro atoms. The van der Waals surface area contributed by atoms with Gasteiger partial charge in [-0.2, -0.15) is 0 Å². The molecule has 4 rings (SSSR count). The number of carbonyl (C=O) groups is 1. The van der Waals surface area contributed by atoms with Crippen LogP contribution in [0.5, 0.6) is 0 Å². The monoisotopic (exact) mass is 478 g/mol. The van der Waals surface area contributed by atoms with Gasteiger partial charge >= 0.3 is 6.09 Å². The number of epoxide rings is 2. The molecule has 4 aliphatic rings. The Morgan fingerprint density at radius 1 is 1.24 bits per heavy atom. The van der Waals surface area contributed by atoms with Crippen LogP contribution in [0.25, 0.3) is 0 Å². The molecule has 0 bridgehead atoms. The van der Waals surface area contributed by atoms with E-state index in [4.69, 9.17) is 18.9 Å². The second kappa shape index (κ2) is 10.5. The van der Waals surface area contributed by atoms with Gasteiger partial charge in [0.15, 0.2) is 0 Å². The lowest BCUT2D eigenvalue weighted by molar-refractivity contribution is -0.122. The third-order valence-corrected chi connectivity index (χ3v) is 8.77. The van der Waals surface area contributed by atoms with Gasteiger partial charge in [0, 0.05) is 26.2 Å². The Kier molecular flexibility index (Phi) is 7.97. The molecule has 4 fully saturated rings. The van der Waals surface area contributed by atoms with E-state index in [-0.39, 0.29) is 47.6 Å². The van der Waals surface area contributed by atoms with Crippen LogP contribution in [0.4, 0.5) is 4.79 Å². The summed E-state index contributed by atoms with van der Waals surface area (Å²) in [6, 6.07) is 0.268. The Morgan fingerprint density at radius 3 is 2.59 bits per heavy atom. The number of methoxy groups -OCH3 is 1. The van der Waals surface area contributed by atoms with Gasteiger partial charge in [-0.3, -0.25) is 0 Å². The SMILES string of the molecule is CCN(CC)CC[C@@H]1CCCN1C(=O)O[C@@H]1CC[C@]2(CO2)C([C@@]2(C)O[C@@H]2CC=C(C)C)[C@@H]1OC. The summed E-state index contributed by atoms with van der Waals surface area (Å²) in [6.45, 7) is 15.5. The van der Waals surface area contributed by atoms with Gasteiger partial charge in [-0.25, -0.2) is 4.79 Å². The smallest absolute Gasteiger partial charge is 0.410 e. The fourth-order valence-electron chi connectivity index (χ4n) is 6.52. The molecule has 0 aromatic carbocycles. The number of allylic oxidation sites excluding steroid dienone is 1. The lowest BCUT2D eigenvalue weighted by atomic mass is 9.68. The van der Waals surface area contributed by atoms with Crippen LogP contribution in [0.2, 0.25) is 0 Å². The summed E-state index contributed by atoms with van der Waals surface area (Å²) in [5.74, 6) is 0.0594. The summed E-state index contributed by atoms with van der Waals surface area (Å²) >= 11 is 0. The first-order valence-electron chi connectivity index (χ1n) is 13.5. The third-order valence-electron chi connectivity index (χ3n) is 8.77. The van der Waals surface area contributed by atoms with Crippen molar-refractivity contribution in [2.75, 3.05) is 39.9 Å². The maximum atomic E-state index is 13.3. The Morgan fingerprint density at radius 2 is 1.97 bits per heavy atom. The molecule has 0 aromatic heterocycles. The molecule has 0 radical (unpaired) electrons. The highest BCUT2D eigenvalue weighted by atomic mass is 16.6. The highest BCUT2D eigenvalue weighted by Crippen LogP contribution is 2.59. The van der Waals surface area contributed by atoms with E-state index in [2.05, 4.69) is 45.6 Å². The van der Waals surface area contributed by atoms with Crippen LogP contribution in [0.1, 0.15) is 73.1 Å². The number of nitrogens with zero attached hydrogens (tertiary/aromatic N) is 2. The van der Waals surface area contributed by atoms with Gasteiger partial charge in [0.1, 0.15) is 23.4 Å². The molecule has 7 atom stereocenters. The van der Waals surface area contributed by atoms with Crippen molar-refractivity contribution in [3.63, 3.8) is 0 Å². The minimum Gasteiger partial charge on any atom is -0.443 e. The largest absolute Gasteiger partial charge is 0.443 e. The molecular formula is C27H46N2O5. The predicted molar refractivity (Wildman–Crippen MR) is 132 cm³/mol. The summed E-state index contributed by atoms with van der Waals surface area (Å²) in [4.78, 5) is 17.7. The predicted octanol–water partition coefficient (Wildman–Crippen LogP) is 4.40. The van der Waals surface area contributed by atoms with Crippen LogP contribution in [0.3, 0.4) is 0 Å². The summed E-state index contributed by atoms with van der Waals surface area (Å²) < 4.78 is 24.6. The highest BCUT2D eigenvalue weighted by molar-refractivity contribution is 5.68. The minimum atomic E-state index is -0.311. The quantitative estimate of drug-likeness (QED) is 0.343. The summed E-state index contributed by atoms with van der Waals surface area (Å²) in [6.07, 6.45) is 7.39. The van der Waals surface area contributed by atoms with E-state index in [1.54, 1.807) is 7.11 Å². The van der Waals surface area contributed by atoms with Crippen molar-refractivity contribution < 1.29 is 23.7 Å². The molecule has 1 saturated carbocycles. The summed E-state index contributed by atoms with van der Waals surface area (Å²) in [5.41, 5.74) is 0.793. The first-order valence-corrected chi connectivity index (χ1v) is 13.5. The molecule has 0 aromatic rings. The summed E-state index contributed by atoms with van der Waals surface area (Å²) in [7, 11) is 1.74. The number of hydrogen-bond acceptors (Lipinski definition) is 6. The average molecular weight is 479 g/mol. The molecule has 1 amide bonds. The van der Waals surface area contributed by atoms with E-state index in [0.29, 0.717) is 0 Å². The third kappa shape index (κ3) is 5.18.